The van der Waals surface area contributed by atoms with Crippen molar-refractivity contribution in [3.8, 4) is 6.07 Å². The molecule has 0 aromatic rings. The first-order valence-corrected chi connectivity index (χ1v) is 5.97. The van der Waals surface area contributed by atoms with Gasteiger partial charge in [-0.25, -0.2) is 0 Å². The zero-order valence-electron chi connectivity index (χ0n) is 8.71. The molecule has 0 spiro atoms. The van der Waals surface area contributed by atoms with Crippen molar-refractivity contribution < 1.29 is 4.79 Å². The predicted molar refractivity (Wildman–Crippen MR) is 57.4 cm³/mol. The van der Waals surface area contributed by atoms with Crippen LogP contribution in [0, 0.1) is 11.3 Å². The standard InChI is InChI=1S/C11H15ClN2O/c12-9-6-10(15)14(7-9)11(8-13)4-2-1-3-5-11/h9H,1-7H2. The summed E-state index contributed by atoms with van der Waals surface area (Å²) in [4.78, 5) is 13.5. The predicted octanol–water partition coefficient (Wildman–Crippen LogP) is 2.05. The Morgan fingerprint density at radius 2 is 2.07 bits per heavy atom. The summed E-state index contributed by atoms with van der Waals surface area (Å²) in [7, 11) is 0. The molecule has 2 aliphatic rings. The number of nitrogens with zero attached hydrogens (tertiary/aromatic N) is 2. The van der Waals surface area contributed by atoms with Crippen molar-refractivity contribution in [1.82, 2.24) is 4.90 Å². The van der Waals surface area contributed by atoms with Gasteiger partial charge in [0.1, 0.15) is 5.54 Å². The van der Waals surface area contributed by atoms with E-state index in [4.69, 9.17) is 11.6 Å². The Bertz CT molecular complexity index is 304. The molecule has 0 bridgehead atoms. The second kappa shape index (κ2) is 4.02. The minimum atomic E-state index is -0.543. The van der Waals surface area contributed by atoms with Crippen LogP contribution in [-0.4, -0.2) is 28.3 Å². The summed E-state index contributed by atoms with van der Waals surface area (Å²) in [5, 5.41) is 9.21. The molecule has 1 unspecified atom stereocenters. The van der Waals surface area contributed by atoms with Crippen LogP contribution in [0.25, 0.3) is 0 Å². The van der Waals surface area contributed by atoms with Crippen LogP contribution >= 0.6 is 11.6 Å². The third-order valence-electron chi connectivity index (χ3n) is 3.48. The van der Waals surface area contributed by atoms with E-state index in [9.17, 15) is 10.1 Å². The number of carbonyl (C=O) groups is 1. The Morgan fingerprint density at radius 1 is 1.40 bits per heavy atom. The highest BCUT2D eigenvalue weighted by Crippen LogP contribution is 2.36. The fourth-order valence-corrected chi connectivity index (χ4v) is 2.93. The molecule has 1 atom stereocenters. The van der Waals surface area contributed by atoms with Crippen LogP contribution in [0.3, 0.4) is 0 Å². The number of hydrogen-bond donors (Lipinski definition) is 0. The smallest absolute Gasteiger partial charge is 0.225 e. The minimum absolute atomic E-state index is 0.0541. The summed E-state index contributed by atoms with van der Waals surface area (Å²) < 4.78 is 0. The van der Waals surface area contributed by atoms with E-state index < -0.39 is 5.54 Å². The van der Waals surface area contributed by atoms with Gasteiger partial charge in [-0.05, 0) is 12.8 Å². The number of likely N-dealkylation sites (tertiary alicyclic amines) is 1. The molecule has 1 aliphatic heterocycles. The lowest BCUT2D eigenvalue weighted by Crippen LogP contribution is -2.49. The van der Waals surface area contributed by atoms with Gasteiger partial charge in [0, 0.05) is 13.0 Å². The minimum Gasteiger partial charge on any atom is -0.322 e. The van der Waals surface area contributed by atoms with Crippen molar-refractivity contribution in [2.24, 2.45) is 0 Å². The van der Waals surface area contributed by atoms with E-state index in [2.05, 4.69) is 6.07 Å². The Morgan fingerprint density at radius 3 is 2.53 bits per heavy atom. The van der Waals surface area contributed by atoms with Gasteiger partial charge in [-0.3, -0.25) is 4.79 Å². The second-order valence-corrected chi connectivity index (χ2v) is 5.13. The van der Waals surface area contributed by atoms with Crippen LogP contribution in [0.1, 0.15) is 38.5 Å². The Labute approximate surface area is 95.0 Å². The number of amides is 1. The van der Waals surface area contributed by atoms with E-state index in [-0.39, 0.29) is 11.3 Å². The lowest BCUT2D eigenvalue weighted by molar-refractivity contribution is -0.132. The SMILES string of the molecule is N#CC1(N2CC(Cl)CC2=O)CCCCC1. The number of rotatable bonds is 1. The monoisotopic (exact) mass is 226 g/mol. The third-order valence-corrected chi connectivity index (χ3v) is 3.78. The second-order valence-electron chi connectivity index (χ2n) is 4.51. The van der Waals surface area contributed by atoms with E-state index in [1.807, 2.05) is 0 Å². The molecule has 0 aromatic heterocycles. The molecule has 1 heterocycles. The maximum atomic E-state index is 11.7. The molecule has 3 nitrogen and oxygen atoms in total. The fourth-order valence-electron chi connectivity index (χ4n) is 2.66. The third kappa shape index (κ3) is 1.83. The number of alkyl halides is 1. The Hall–Kier alpha value is -0.750. The van der Waals surface area contributed by atoms with Crippen molar-refractivity contribution in [1.29, 1.82) is 5.26 Å². The summed E-state index contributed by atoms with van der Waals surface area (Å²) in [6, 6.07) is 2.36. The topological polar surface area (TPSA) is 44.1 Å². The fraction of sp³-hybridized carbons (Fsp3) is 0.818. The quantitative estimate of drug-likeness (QED) is 0.643. The van der Waals surface area contributed by atoms with Crippen LogP contribution in [0.15, 0.2) is 0 Å². The van der Waals surface area contributed by atoms with Crippen LogP contribution in [-0.2, 0) is 4.79 Å². The first kappa shape index (κ1) is 10.8. The lowest BCUT2D eigenvalue weighted by atomic mass is 9.81. The van der Waals surface area contributed by atoms with Crippen LogP contribution in [0.4, 0.5) is 0 Å². The molecule has 0 radical (unpaired) electrons. The van der Waals surface area contributed by atoms with Crippen LogP contribution in [0.2, 0.25) is 0 Å². The van der Waals surface area contributed by atoms with Crippen molar-refractivity contribution in [2.45, 2.75) is 49.4 Å². The van der Waals surface area contributed by atoms with E-state index in [1.54, 1.807) is 4.90 Å². The van der Waals surface area contributed by atoms with Gasteiger partial charge in [0.15, 0.2) is 0 Å². The molecule has 0 aromatic carbocycles. The van der Waals surface area contributed by atoms with Gasteiger partial charge in [-0.2, -0.15) is 5.26 Å². The van der Waals surface area contributed by atoms with Crippen LogP contribution in [0.5, 0.6) is 0 Å². The summed E-state index contributed by atoms with van der Waals surface area (Å²) in [6.07, 6.45) is 5.30. The van der Waals surface area contributed by atoms with Gasteiger partial charge in [-0.15, -0.1) is 11.6 Å². The maximum absolute atomic E-state index is 11.7. The van der Waals surface area contributed by atoms with Gasteiger partial charge in [0.25, 0.3) is 0 Å². The van der Waals surface area contributed by atoms with Gasteiger partial charge in [0.2, 0.25) is 5.91 Å². The first-order valence-electron chi connectivity index (χ1n) is 5.54. The number of nitriles is 1. The molecule has 2 fully saturated rings. The van der Waals surface area contributed by atoms with Crippen molar-refractivity contribution in [3.05, 3.63) is 0 Å². The number of carbonyl (C=O) groups excluding carboxylic acids is 1. The highest BCUT2D eigenvalue weighted by atomic mass is 35.5. The van der Waals surface area contributed by atoms with Crippen molar-refractivity contribution >= 4 is 17.5 Å². The number of halogens is 1. The molecule has 1 saturated carbocycles. The van der Waals surface area contributed by atoms with Crippen LogP contribution < -0.4 is 0 Å². The molecular weight excluding hydrogens is 212 g/mol. The summed E-state index contributed by atoms with van der Waals surface area (Å²) in [5.74, 6) is 0.0541. The van der Waals surface area contributed by atoms with Gasteiger partial charge in [0.05, 0.1) is 11.4 Å². The molecule has 4 heteroatoms. The largest absolute Gasteiger partial charge is 0.322 e. The molecule has 0 N–H and O–H groups in total. The summed E-state index contributed by atoms with van der Waals surface area (Å²) in [5.41, 5.74) is -0.543. The molecule has 1 saturated heterocycles. The van der Waals surface area contributed by atoms with E-state index in [1.165, 1.54) is 6.42 Å². The summed E-state index contributed by atoms with van der Waals surface area (Å²) in [6.45, 7) is 0.550. The van der Waals surface area contributed by atoms with Gasteiger partial charge in [-0.1, -0.05) is 19.3 Å². The average Bonchev–Trinajstić information content (AvgIpc) is 2.59. The maximum Gasteiger partial charge on any atom is 0.225 e. The molecular formula is C11H15ClN2O. The zero-order valence-corrected chi connectivity index (χ0v) is 9.46. The molecule has 2 rings (SSSR count). The van der Waals surface area contributed by atoms with E-state index in [0.717, 1.165) is 25.7 Å². The molecule has 15 heavy (non-hydrogen) atoms. The zero-order chi connectivity index (χ0) is 10.9. The molecule has 1 amide bonds. The Kier molecular flexibility index (Phi) is 2.88. The Balaban J connectivity index is 2.19. The van der Waals surface area contributed by atoms with Crippen molar-refractivity contribution in [2.75, 3.05) is 6.54 Å². The highest BCUT2D eigenvalue weighted by Gasteiger charge is 2.45. The highest BCUT2D eigenvalue weighted by molar-refractivity contribution is 6.22. The lowest BCUT2D eigenvalue weighted by Gasteiger charge is -2.38. The van der Waals surface area contributed by atoms with E-state index in [0.29, 0.717) is 13.0 Å². The average molecular weight is 227 g/mol. The number of hydrogen-bond acceptors (Lipinski definition) is 2. The first-order chi connectivity index (χ1) is 7.18. The summed E-state index contributed by atoms with van der Waals surface area (Å²) >= 11 is 5.97. The van der Waals surface area contributed by atoms with E-state index >= 15 is 0 Å². The normalized spacial score (nSPS) is 30.3. The molecule has 1 aliphatic carbocycles. The van der Waals surface area contributed by atoms with Gasteiger partial charge < -0.3 is 4.90 Å². The van der Waals surface area contributed by atoms with Gasteiger partial charge >= 0.3 is 0 Å². The molecule has 82 valence electrons. The van der Waals surface area contributed by atoms with Crippen molar-refractivity contribution in [3.63, 3.8) is 0 Å².